The van der Waals surface area contributed by atoms with Gasteiger partial charge >= 0.3 is 6.18 Å². The SMILES string of the molecule is Cc1nccn2c(C#Cc3cncc(C(=O)Nc4ccc(CN5CCN(C)CC5)c(C(F)(F)F)c4)c3)cnc12. The molecule has 0 atom stereocenters. The fraction of sp³-hybridized carbons (Fsp3) is 0.286. The van der Waals surface area contributed by atoms with Crippen molar-refractivity contribution in [2.75, 3.05) is 38.5 Å². The first kappa shape index (κ1) is 26.3. The third-order valence-electron chi connectivity index (χ3n) is 6.60. The molecule has 0 unspecified atom stereocenters. The van der Waals surface area contributed by atoms with Gasteiger partial charge in [-0.05, 0) is 43.7 Å². The predicted molar refractivity (Wildman–Crippen MR) is 140 cm³/mol. The topological polar surface area (TPSA) is 78.7 Å². The number of anilines is 1. The van der Waals surface area contributed by atoms with Crippen LogP contribution in [0.4, 0.5) is 18.9 Å². The van der Waals surface area contributed by atoms with Crippen molar-refractivity contribution in [2.24, 2.45) is 0 Å². The zero-order valence-corrected chi connectivity index (χ0v) is 21.5. The number of carbonyl (C=O) groups excluding carboxylic acids is 1. The van der Waals surface area contributed by atoms with Gasteiger partial charge in [0.05, 0.1) is 23.0 Å². The molecule has 1 saturated heterocycles. The second-order valence-corrected chi connectivity index (χ2v) is 9.47. The van der Waals surface area contributed by atoms with Gasteiger partial charge in [-0.3, -0.25) is 24.1 Å². The number of nitrogens with one attached hydrogen (secondary N) is 1. The minimum atomic E-state index is -4.55. The molecule has 8 nitrogen and oxygen atoms in total. The predicted octanol–water partition coefficient (Wildman–Crippen LogP) is 3.85. The Kier molecular flexibility index (Phi) is 7.32. The van der Waals surface area contributed by atoms with Gasteiger partial charge in [0.15, 0.2) is 5.65 Å². The summed E-state index contributed by atoms with van der Waals surface area (Å²) in [4.78, 5) is 29.7. The van der Waals surface area contributed by atoms with Crippen LogP contribution in [0.15, 0.2) is 55.2 Å². The molecule has 5 rings (SSSR count). The highest BCUT2D eigenvalue weighted by Gasteiger charge is 2.34. The van der Waals surface area contributed by atoms with Crippen LogP contribution in [0.25, 0.3) is 5.65 Å². The Morgan fingerprint density at radius 2 is 1.85 bits per heavy atom. The largest absolute Gasteiger partial charge is 0.416 e. The van der Waals surface area contributed by atoms with E-state index in [1.54, 1.807) is 18.6 Å². The molecule has 0 bridgehead atoms. The molecule has 0 aliphatic carbocycles. The molecule has 1 aromatic carbocycles. The van der Waals surface area contributed by atoms with E-state index in [-0.39, 0.29) is 23.4 Å². The van der Waals surface area contributed by atoms with Gasteiger partial charge in [-0.2, -0.15) is 13.2 Å². The summed E-state index contributed by atoms with van der Waals surface area (Å²) in [5.41, 5.74) is 2.24. The molecule has 39 heavy (non-hydrogen) atoms. The average Bonchev–Trinajstić information content (AvgIpc) is 3.33. The molecule has 1 amide bonds. The summed E-state index contributed by atoms with van der Waals surface area (Å²) < 4.78 is 43.5. The summed E-state index contributed by atoms with van der Waals surface area (Å²) in [5.74, 6) is 5.40. The Balaban J connectivity index is 1.33. The number of likely N-dealkylation sites (N-methyl/N-ethyl adjacent to an activating group) is 1. The maximum Gasteiger partial charge on any atom is 0.416 e. The number of hydrogen-bond acceptors (Lipinski definition) is 6. The van der Waals surface area contributed by atoms with Crippen LogP contribution < -0.4 is 5.32 Å². The van der Waals surface area contributed by atoms with E-state index in [1.165, 1.54) is 30.6 Å². The van der Waals surface area contributed by atoms with Gasteiger partial charge < -0.3 is 10.2 Å². The van der Waals surface area contributed by atoms with Crippen molar-refractivity contribution in [1.82, 2.24) is 29.2 Å². The van der Waals surface area contributed by atoms with Gasteiger partial charge in [0.2, 0.25) is 0 Å². The van der Waals surface area contributed by atoms with Gasteiger partial charge in [-0.1, -0.05) is 12.0 Å². The van der Waals surface area contributed by atoms with Crippen LogP contribution >= 0.6 is 0 Å². The number of fused-ring (bicyclic) bond motifs is 1. The lowest BCUT2D eigenvalue weighted by atomic mass is 10.0. The number of halogens is 3. The fourth-order valence-electron chi connectivity index (χ4n) is 4.42. The van der Waals surface area contributed by atoms with Crippen molar-refractivity contribution in [3.63, 3.8) is 0 Å². The minimum absolute atomic E-state index is 0.0562. The molecule has 1 fully saturated rings. The maximum absolute atomic E-state index is 13.9. The summed E-state index contributed by atoms with van der Waals surface area (Å²) >= 11 is 0. The number of aromatic nitrogens is 4. The molecule has 0 saturated carbocycles. The summed E-state index contributed by atoms with van der Waals surface area (Å²) in [6.45, 7) is 5.07. The van der Waals surface area contributed by atoms with Crippen molar-refractivity contribution in [3.05, 3.63) is 88.9 Å². The second-order valence-electron chi connectivity index (χ2n) is 9.47. The molecule has 0 spiro atoms. The Morgan fingerprint density at radius 1 is 1.05 bits per heavy atom. The van der Waals surface area contributed by atoms with E-state index in [4.69, 9.17) is 0 Å². The maximum atomic E-state index is 13.9. The highest BCUT2D eigenvalue weighted by Crippen LogP contribution is 2.34. The van der Waals surface area contributed by atoms with Gasteiger partial charge in [-0.25, -0.2) is 4.98 Å². The van der Waals surface area contributed by atoms with Crippen molar-refractivity contribution in [2.45, 2.75) is 19.6 Å². The van der Waals surface area contributed by atoms with E-state index in [0.29, 0.717) is 30.0 Å². The summed E-state index contributed by atoms with van der Waals surface area (Å²) in [6, 6.07) is 5.46. The number of aryl methyl sites for hydroxylation is 1. The number of carbonyl (C=O) groups is 1. The first-order chi connectivity index (χ1) is 18.7. The molecule has 0 radical (unpaired) electrons. The van der Waals surface area contributed by atoms with Gasteiger partial charge in [0.25, 0.3) is 5.91 Å². The molecular weight excluding hydrogens is 507 g/mol. The summed E-state index contributed by atoms with van der Waals surface area (Å²) in [6.07, 6.45) is 3.35. The standard InChI is InChI=1S/C28H26F3N7O/c1-19-26-34-17-24(38(26)8-7-33-19)6-3-20-13-22(16-32-15-20)27(39)35-23-5-4-21(25(14-23)28(29,30)31)18-37-11-9-36(2)10-12-37/h4-5,7-8,13-17H,9-12,18H2,1-2H3,(H,35,39). The molecule has 1 aliphatic rings. The van der Waals surface area contributed by atoms with Gasteiger partial charge in [0, 0.05) is 68.8 Å². The highest BCUT2D eigenvalue weighted by molar-refractivity contribution is 6.04. The zero-order valence-electron chi connectivity index (χ0n) is 21.5. The van der Waals surface area contributed by atoms with Crippen molar-refractivity contribution in [3.8, 4) is 11.8 Å². The molecule has 4 heterocycles. The lowest BCUT2D eigenvalue weighted by molar-refractivity contribution is -0.138. The molecule has 4 aromatic rings. The van der Waals surface area contributed by atoms with Gasteiger partial charge in [-0.15, -0.1) is 0 Å². The normalized spacial score (nSPS) is 14.7. The number of piperazine rings is 1. The number of nitrogens with zero attached hydrogens (tertiary/aromatic N) is 6. The first-order valence-electron chi connectivity index (χ1n) is 12.4. The van der Waals surface area contributed by atoms with Crippen molar-refractivity contribution < 1.29 is 18.0 Å². The van der Waals surface area contributed by atoms with Crippen molar-refractivity contribution in [1.29, 1.82) is 0 Å². The fourth-order valence-corrected chi connectivity index (χ4v) is 4.42. The monoisotopic (exact) mass is 533 g/mol. The van der Waals surface area contributed by atoms with Crippen LogP contribution in [-0.2, 0) is 12.7 Å². The third kappa shape index (κ3) is 6.08. The Morgan fingerprint density at radius 3 is 2.62 bits per heavy atom. The molecule has 1 N–H and O–H groups in total. The van der Waals surface area contributed by atoms with Crippen LogP contribution in [0.2, 0.25) is 0 Å². The second kappa shape index (κ2) is 10.8. The molecule has 3 aromatic heterocycles. The van der Waals surface area contributed by atoms with E-state index < -0.39 is 17.6 Å². The molecule has 200 valence electrons. The Labute approximate surface area is 223 Å². The number of hydrogen-bond donors (Lipinski definition) is 1. The first-order valence-corrected chi connectivity index (χ1v) is 12.4. The van der Waals surface area contributed by atoms with E-state index in [9.17, 15) is 18.0 Å². The molecule has 11 heteroatoms. The zero-order chi connectivity index (χ0) is 27.6. The number of pyridine rings is 1. The van der Waals surface area contributed by atoms with Crippen LogP contribution in [0.3, 0.4) is 0 Å². The van der Waals surface area contributed by atoms with E-state index in [1.807, 2.05) is 23.3 Å². The van der Waals surface area contributed by atoms with Crippen LogP contribution in [0, 0.1) is 18.8 Å². The Hall–Kier alpha value is -4.27. The summed E-state index contributed by atoms with van der Waals surface area (Å²) in [7, 11) is 1.99. The lowest BCUT2D eigenvalue weighted by Gasteiger charge is -2.33. The number of rotatable bonds is 4. The van der Waals surface area contributed by atoms with E-state index in [0.717, 1.165) is 24.8 Å². The van der Waals surface area contributed by atoms with Crippen LogP contribution in [0.1, 0.15) is 38.4 Å². The average molecular weight is 534 g/mol. The molecule has 1 aliphatic heterocycles. The summed E-state index contributed by atoms with van der Waals surface area (Å²) in [5, 5.41) is 2.57. The number of alkyl halides is 3. The Bertz CT molecular complexity index is 1580. The number of amides is 1. The lowest BCUT2D eigenvalue weighted by Crippen LogP contribution is -2.44. The number of benzene rings is 1. The number of imidazole rings is 1. The highest BCUT2D eigenvalue weighted by atomic mass is 19.4. The minimum Gasteiger partial charge on any atom is -0.322 e. The van der Waals surface area contributed by atoms with Crippen molar-refractivity contribution >= 4 is 17.2 Å². The van der Waals surface area contributed by atoms with Crippen LogP contribution in [0.5, 0.6) is 0 Å². The smallest absolute Gasteiger partial charge is 0.322 e. The van der Waals surface area contributed by atoms with E-state index >= 15 is 0 Å². The molecular formula is C28H26F3N7O. The third-order valence-corrected chi connectivity index (χ3v) is 6.60. The van der Waals surface area contributed by atoms with Gasteiger partial charge in [0.1, 0.15) is 5.69 Å². The van der Waals surface area contributed by atoms with Crippen LogP contribution in [-0.4, -0.2) is 68.3 Å². The van der Waals surface area contributed by atoms with E-state index in [2.05, 4.69) is 37.0 Å². The quantitative estimate of drug-likeness (QED) is 0.402.